The van der Waals surface area contributed by atoms with Crippen molar-refractivity contribution in [1.29, 1.82) is 0 Å². The standard InChI is InChI=1S/C14H16BrN3O2/c1-2-9-5-11(6-16-13(9)15)17-7-10-3-4-18(14(19)20)12(10)8-17/h2,5-6,10,12H,1,3-4,7-8H2,(H,19,20)/t10-,12+/m1/s1. The van der Waals surface area contributed by atoms with Gasteiger partial charge in [0, 0.05) is 31.1 Å². The number of nitrogens with zero attached hydrogens (tertiary/aromatic N) is 3. The number of hydrogen-bond donors (Lipinski definition) is 1. The summed E-state index contributed by atoms with van der Waals surface area (Å²) in [5.74, 6) is 0.432. The molecule has 1 amide bonds. The maximum Gasteiger partial charge on any atom is 0.407 e. The summed E-state index contributed by atoms with van der Waals surface area (Å²) in [6, 6.07) is 2.15. The number of aromatic nitrogens is 1. The van der Waals surface area contributed by atoms with E-state index in [2.05, 4.69) is 32.4 Å². The molecule has 3 heterocycles. The number of fused-ring (bicyclic) bond motifs is 1. The Bertz CT molecular complexity index is 563. The number of anilines is 1. The van der Waals surface area contributed by atoms with Crippen LogP contribution in [0.5, 0.6) is 0 Å². The van der Waals surface area contributed by atoms with Gasteiger partial charge in [-0.3, -0.25) is 0 Å². The van der Waals surface area contributed by atoms with Crippen molar-refractivity contribution in [3.8, 4) is 0 Å². The summed E-state index contributed by atoms with van der Waals surface area (Å²) in [4.78, 5) is 19.3. The minimum atomic E-state index is -0.805. The van der Waals surface area contributed by atoms with E-state index >= 15 is 0 Å². The number of halogens is 1. The van der Waals surface area contributed by atoms with E-state index in [0.717, 1.165) is 35.4 Å². The normalized spacial score (nSPS) is 24.9. The summed E-state index contributed by atoms with van der Waals surface area (Å²) in [5.41, 5.74) is 1.98. The molecule has 3 rings (SSSR count). The first-order chi connectivity index (χ1) is 9.60. The predicted molar refractivity (Wildman–Crippen MR) is 80.9 cm³/mol. The Hall–Kier alpha value is -1.56. The molecule has 1 aromatic rings. The Morgan fingerprint density at radius 3 is 3.05 bits per heavy atom. The van der Waals surface area contributed by atoms with Gasteiger partial charge < -0.3 is 14.9 Å². The first-order valence-corrected chi connectivity index (χ1v) is 7.42. The summed E-state index contributed by atoms with van der Waals surface area (Å²) in [6.45, 7) is 6.08. The zero-order valence-electron chi connectivity index (χ0n) is 11.0. The van der Waals surface area contributed by atoms with Crippen LogP contribution < -0.4 is 4.90 Å². The van der Waals surface area contributed by atoms with Gasteiger partial charge in [-0.2, -0.15) is 0 Å². The highest BCUT2D eigenvalue weighted by Gasteiger charge is 2.43. The van der Waals surface area contributed by atoms with E-state index < -0.39 is 6.09 Å². The van der Waals surface area contributed by atoms with Crippen LogP contribution in [0.15, 0.2) is 23.4 Å². The Morgan fingerprint density at radius 1 is 1.55 bits per heavy atom. The molecular formula is C14H16BrN3O2. The lowest BCUT2D eigenvalue weighted by Crippen LogP contribution is -2.38. The van der Waals surface area contributed by atoms with E-state index in [-0.39, 0.29) is 6.04 Å². The maximum atomic E-state index is 11.2. The molecule has 1 N–H and O–H groups in total. The van der Waals surface area contributed by atoms with Crippen molar-refractivity contribution in [2.75, 3.05) is 24.5 Å². The monoisotopic (exact) mass is 337 g/mol. The fourth-order valence-electron chi connectivity index (χ4n) is 3.18. The Kier molecular flexibility index (Phi) is 3.41. The molecule has 1 aromatic heterocycles. The molecule has 6 heteroatoms. The zero-order chi connectivity index (χ0) is 14.3. The quantitative estimate of drug-likeness (QED) is 0.843. The number of hydrogen-bond acceptors (Lipinski definition) is 3. The molecule has 2 aliphatic heterocycles. The first kappa shape index (κ1) is 13.4. The molecule has 2 saturated heterocycles. The van der Waals surface area contributed by atoms with Gasteiger partial charge in [-0.1, -0.05) is 12.7 Å². The van der Waals surface area contributed by atoms with Gasteiger partial charge in [-0.15, -0.1) is 0 Å². The van der Waals surface area contributed by atoms with Crippen LogP contribution in [0.25, 0.3) is 6.08 Å². The lowest BCUT2D eigenvalue weighted by atomic mass is 10.1. The molecule has 0 aromatic carbocycles. The number of rotatable bonds is 2. The molecular weight excluding hydrogens is 322 g/mol. The minimum Gasteiger partial charge on any atom is -0.465 e. The topological polar surface area (TPSA) is 56.7 Å². The van der Waals surface area contributed by atoms with Crippen molar-refractivity contribution in [1.82, 2.24) is 9.88 Å². The van der Waals surface area contributed by atoms with Gasteiger partial charge >= 0.3 is 6.09 Å². The summed E-state index contributed by atoms with van der Waals surface area (Å²) < 4.78 is 0.780. The fraction of sp³-hybridized carbons (Fsp3) is 0.429. The van der Waals surface area contributed by atoms with E-state index in [9.17, 15) is 9.90 Å². The molecule has 0 bridgehead atoms. The number of carbonyl (C=O) groups is 1. The van der Waals surface area contributed by atoms with E-state index in [0.29, 0.717) is 12.5 Å². The molecule has 0 spiro atoms. The predicted octanol–water partition coefficient (Wildman–Crippen LogP) is 2.68. The van der Waals surface area contributed by atoms with Crippen molar-refractivity contribution < 1.29 is 9.90 Å². The molecule has 0 aliphatic carbocycles. The molecule has 106 valence electrons. The molecule has 2 atom stereocenters. The van der Waals surface area contributed by atoms with Gasteiger partial charge in [0.2, 0.25) is 0 Å². The van der Waals surface area contributed by atoms with Crippen LogP contribution in [-0.2, 0) is 0 Å². The largest absolute Gasteiger partial charge is 0.465 e. The van der Waals surface area contributed by atoms with Crippen LogP contribution in [0.4, 0.5) is 10.5 Å². The lowest BCUT2D eigenvalue weighted by molar-refractivity contribution is 0.140. The minimum absolute atomic E-state index is 0.114. The van der Waals surface area contributed by atoms with Crippen LogP contribution in [-0.4, -0.2) is 46.8 Å². The van der Waals surface area contributed by atoms with Crippen molar-refractivity contribution in [2.45, 2.75) is 12.5 Å². The second-order valence-corrected chi connectivity index (χ2v) is 6.03. The van der Waals surface area contributed by atoms with E-state index in [4.69, 9.17) is 0 Å². The average molecular weight is 338 g/mol. The summed E-state index contributed by atoms with van der Waals surface area (Å²) in [7, 11) is 0. The van der Waals surface area contributed by atoms with Crippen LogP contribution in [0.3, 0.4) is 0 Å². The zero-order valence-corrected chi connectivity index (χ0v) is 12.6. The lowest BCUT2D eigenvalue weighted by Gasteiger charge is -2.23. The van der Waals surface area contributed by atoms with Gasteiger partial charge in [0.05, 0.1) is 17.9 Å². The number of likely N-dealkylation sites (tertiary alicyclic amines) is 1. The SMILES string of the molecule is C=Cc1cc(N2C[C@H]3CCN(C(=O)O)[C@H]3C2)cnc1Br. The second-order valence-electron chi connectivity index (χ2n) is 5.27. The van der Waals surface area contributed by atoms with Crippen molar-refractivity contribution in [3.05, 3.63) is 29.0 Å². The Labute approximate surface area is 126 Å². The number of pyridine rings is 1. The van der Waals surface area contributed by atoms with Gasteiger partial charge in [0.1, 0.15) is 4.60 Å². The highest BCUT2D eigenvalue weighted by molar-refractivity contribution is 9.10. The molecule has 2 fully saturated rings. The van der Waals surface area contributed by atoms with Crippen LogP contribution >= 0.6 is 15.9 Å². The summed E-state index contributed by atoms with van der Waals surface area (Å²) in [5, 5.41) is 9.21. The summed E-state index contributed by atoms with van der Waals surface area (Å²) >= 11 is 3.39. The average Bonchev–Trinajstić information content (AvgIpc) is 2.98. The van der Waals surface area contributed by atoms with E-state index in [1.165, 1.54) is 0 Å². The van der Waals surface area contributed by atoms with Crippen LogP contribution in [0.2, 0.25) is 0 Å². The molecule has 0 unspecified atom stereocenters. The van der Waals surface area contributed by atoms with Crippen molar-refractivity contribution in [2.24, 2.45) is 5.92 Å². The molecule has 5 nitrogen and oxygen atoms in total. The van der Waals surface area contributed by atoms with Gasteiger partial charge in [-0.25, -0.2) is 9.78 Å². The fourth-order valence-corrected chi connectivity index (χ4v) is 3.56. The highest BCUT2D eigenvalue weighted by Crippen LogP contribution is 2.34. The third-order valence-corrected chi connectivity index (χ3v) is 4.89. The Morgan fingerprint density at radius 2 is 2.35 bits per heavy atom. The van der Waals surface area contributed by atoms with Crippen LogP contribution in [0, 0.1) is 5.92 Å². The van der Waals surface area contributed by atoms with Gasteiger partial charge in [0.15, 0.2) is 0 Å². The number of carboxylic acid groups (broad SMARTS) is 1. The second kappa shape index (κ2) is 5.09. The van der Waals surface area contributed by atoms with Gasteiger partial charge in [0.25, 0.3) is 0 Å². The van der Waals surface area contributed by atoms with E-state index in [1.54, 1.807) is 11.0 Å². The maximum absolute atomic E-state index is 11.2. The van der Waals surface area contributed by atoms with Crippen LogP contribution in [0.1, 0.15) is 12.0 Å². The Balaban J connectivity index is 1.81. The smallest absolute Gasteiger partial charge is 0.407 e. The molecule has 0 saturated carbocycles. The third kappa shape index (κ3) is 2.18. The van der Waals surface area contributed by atoms with Gasteiger partial charge in [-0.05, 0) is 28.4 Å². The van der Waals surface area contributed by atoms with Crippen molar-refractivity contribution in [3.63, 3.8) is 0 Å². The van der Waals surface area contributed by atoms with E-state index in [1.807, 2.05) is 12.3 Å². The first-order valence-electron chi connectivity index (χ1n) is 6.62. The summed E-state index contributed by atoms with van der Waals surface area (Å²) in [6.07, 6.45) is 3.73. The molecule has 2 aliphatic rings. The number of amides is 1. The van der Waals surface area contributed by atoms with Crippen molar-refractivity contribution >= 4 is 33.8 Å². The molecule has 0 radical (unpaired) electrons. The highest BCUT2D eigenvalue weighted by atomic mass is 79.9. The molecule has 20 heavy (non-hydrogen) atoms. The third-order valence-electron chi connectivity index (χ3n) is 4.23.